The molecule has 3 heteroatoms. The predicted molar refractivity (Wildman–Crippen MR) is 63.0 cm³/mol. The summed E-state index contributed by atoms with van der Waals surface area (Å²) in [4.78, 5) is 0. The lowest BCUT2D eigenvalue weighted by atomic mass is 9.91. The standard InChI is InChI=1S/C13H19NO2/c1-10-4-6-11(7-5-10)13(14)8-15-12(2,3)16-9-13/h4-7H,8-9,14H2,1-3H3. The first-order valence-electron chi connectivity index (χ1n) is 5.55. The van der Waals surface area contributed by atoms with Crippen molar-refractivity contribution in [1.29, 1.82) is 0 Å². The number of hydrogen-bond acceptors (Lipinski definition) is 3. The zero-order valence-electron chi connectivity index (χ0n) is 10.1. The molecule has 1 aliphatic rings. The molecule has 1 aliphatic heterocycles. The van der Waals surface area contributed by atoms with Crippen molar-refractivity contribution in [2.24, 2.45) is 5.73 Å². The summed E-state index contributed by atoms with van der Waals surface area (Å²) < 4.78 is 11.2. The summed E-state index contributed by atoms with van der Waals surface area (Å²) in [6.45, 7) is 6.85. The molecule has 3 nitrogen and oxygen atoms in total. The molecule has 2 N–H and O–H groups in total. The third-order valence-electron chi connectivity index (χ3n) is 2.98. The van der Waals surface area contributed by atoms with Gasteiger partial charge in [0.1, 0.15) is 0 Å². The van der Waals surface area contributed by atoms with E-state index in [-0.39, 0.29) is 0 Å². The third kappa shape index (κ3) is 2.26. The van der Waals surface area contributed by atoms with Crippen LogP contribution in [-0.4, -0.2) is 19.0 Å². The quantitative estimate of drug-likeness (QED) is 0.788. The van der Waals surface area contributed by atoms with E-state index in [0.29, 0.717) is 13.2 Å². The Morgan fingerprint density at radius 3 is 2.06 bits per heavy atom. The van der Waals surface area contributed by atoms with Crippen molar-refractivity contribution in [3.05, 3.63) is 35.4 Å². The van der Waals surface area contributed by atoms with Gasteiger partial charge in [-0.25, -0.2) is 0 Å². The second-order valence-electron chi connectivity index (χ2n) is 5.00. The molecule has 1 aromatic rings. The zero-order valence-corrected chi connectivity index (χ0v) is 10.1. The first-order valence-corrected chi connectivity index (χ1v) is 5.55. The zero-order chi connectivity index (χ0) is 11.8. The van der Waals surface area contributed by atoms with Gasteiger partial charge in [0.25, 0.3) is 0 Å². The Hall–Kier alpha value is -0.900. The van der Waals surface area contributed by atoms with Crippen LogP contribution >= 0.6 is 0 Å². The summed E-state index contributed by atoms with van der Waals surface area (Å²) in [6, 6.07) is 8.20. The molecule has 2 rings (SSSR count). The second-order valence-corrected chi connectivity index (χ2v) is 5.00. The van der Waals surface area contributed by atoms with Crippen molar-refractivity contribution in [2.75, 3.05) is 13.2 Å². The molecular weight excluding hydrogens is 202 g/mol. The second kappa shape index (κ2) is 3.84. The number of aryl methyl sites for hydroxylation is 1. The van der Waals surface area contributed by atoms with Crippen LogP contribution in [0.15, 0.2) is 24.3 Å². The number of nitrogens with two attached hydrogens (primary N) is 1. The highest BCUT2D eigenvalue weighted by Gasteiger charge is 2.38. The van der Waals surface area contributed by atoms with Gasteiger partial charge in [-0.2, -0.15) is 0 Å². The maximum atomic E-state index is 6.30. The molecule has 0 radical (unpaired) electrons. The van der Waals surface area contributed by atoms with E-state index in [0.717, 1.165) is 5.56 Å². The van der Waals surface area contributed by atoms with Crippen LogP contribution in [0.1, 0.15) is 25.0 Å². The van der Waals surface area contributed by atoms with E-state index in [2.05, 4.69) is 19.1 Å². The van der Waals surface area contributed by atoms with Crippen LogP contribution in [0.3, 0.4) is 0 Å². The maximum absolute atomic E-state index is 6.30. The molecule has 1 fully saturated rings. The average molecular weight is 221 g/mol. The number of benzene rings is 1. The Labute approximate surface area is 96.5 Å². The van der Waals surface area contributed by atoms with Crippen molar-refractivity contribution in [2.45, 2.75) is 32.1 Å². The summed E-state index contributed by atoms with van der Waals surface area (Å²) in [5, 5.41) is 0. The van der Waals surface area contributed by atoms with Crippen molar-refractivity contribution < 1.29 is 9.47 Å². The van der Waals surface area contributed by atoms with Crippen molar-refractivity contribution in [3.8, 4) is 0 Å². The van der Waals surface area contributed by atoms with Crippen molar-refractivity contribution >= 4 is 0 Å². The van der Waals surface area contributed by atoms with Gasteiger partial charge in [0.05, 0.1) is 18.8 Å². The van der Waals surface area contributed by atoms with Crippen LogP contribution in [0.25, 0.3) is 0 Å². The topological polar surface area (TPSA) is 44.5 Å². The monoisotopic (exact) mass is 221 g/mol. The molecule has 0 bridgehead atoms. The first-order chi connectivity index (χ1) is 7.41. The van der Waals surface area contributed by atoms with E-state index in [1.807, 2.05) is 26.0 Å². The van der Waals surface area contributed by atoms with E-state index >= 15 is 0 Å². The molecule has 0 unspecified atom stereocenters. The fraction of sp³-hybridized carbons (Fsp3) is 0.538. The number of ether oxygens (including phenoxy) is 2. The summed E-state index contributed by atoms with van der Waals surface area (Å²) in [5.41, 5.74) is 8.07. The molecule has 0 aliphatic carbocycles. The molecule has 0 aromatic heterocycles. The highest BCUT2D eigenvalue weighted by atomic mass is 16.7. The Morgan fingerprint density at radius 2 is 1.56 bits per heavy atom. The van der Waals surface area contributed by atoms with Gasteiger partial charge in [0.15, 0.2) is 5.79 Å². The van der Waals surface area contributed by atoms with Gasteiger partial charge in [-0.3, -0.25) is 0 Å². The molecule has 1 aromatic carbocycles. The Kier molecular flexibility index (Phi) is 2.78. The molecule has 0 spiro atoms. The van der Waals surface area contributed by atoms with Gasteiger partial charge in [-0.15, -0.1) is 0 Å². The maximum Gasteiger partial charge on any atom is 0.162 e. The number of rotatable bonds is 1. The van der Waals surface area contributed by atoms with E-state index in [1.54, 1.807) is 0 Å². The Balaban J connectivity index is 2.18. The summed E-state index contributed by atoms with van der Waals surface area (Å²) in [7, 11) is 0. The van der Waals surface area contributed by atoms with Gasteiger partial charge in [-0.05, 0) is 26.3 Å². The lowest BCUT2D eigenvalue weighted by Crippen LogP contribution is -2.54. The smallest absolute Gasteiger partial charge is 0.162 e. The minimum atomic E-state index is -0.525. The van der Waals surface area contributed by atoms with E-state index in [4.69, 9.17) is 15.2 Å². The molecule has 16 heavy (non-hydrogen) atoms. The Bertz CT molecular complexity index is 360. The predicted octanol–water partition coefficient (Wildman–Crippen LogP) is 1.93. The highest BCUT2D eigenvalue weighted by Crippen LogP contribution is 2.29. The summed E-state index contributed by atoms with van der Waals surface area (Å²) in [6.07, 6.45) is 0. The molecule has 1 heterocycles. The Morgan fingerprint density at radius 1 is 1.06 bits per heavy atom. The van der Waals surface area contributed by atoms with Crippen LogP contribution in [0.4, 0.5) is 0 Å². The largest absolute Gasteiger partial charge is 0.348 e. The van der Waals surface area contributed by atoms with Crippen LogP contribution in [0.5, 0.6) is 0 Å². The molecule has 0 amide bonds. The van der Waals surface area contributed by atoms with Crippen LogP contribution < -0.4 is 5.73 Å². The average Bonchev–Trinajstić information content (AvgIpc) is 2.24. The van der Waals surface area contributed by atoms with Gasteiger partial charge in [-0.1, -0.05) is 29.8 Å². The molecule has 0 atom stereocenters. The van der Waals surface area contributed by atoms with Gasteiger partial charge >= 0.3 is 0 Å². The highest BCUT2D eigenvalue weighted by molar-refractivity contribution is 5.28. The fourth-order valence-electron chi connectivity index (χ4n) is 1.74. The summed E-state index contributed by atoms with van der Waals surface area (Å²) >= 11 is 0. The van der Waals surface area contributed by atoms with Gasteiger partial charge < -0.3 is 15.2 Å². The minimum Gasteiger partial charge on any atom is -0.348 e. The molecule has 88 valence electrons. The van der Waals surface area contributed by atoms with Crippen molar-refractivity contribution in [1.82, 2.24) is 0 Å². The normalized spacial score (nSPS) is 23.0. The fourth-order valence-corrected chi connectivity index (χ4v) is 1.74. The lowest BCUT2D eigenvalue weighted by molar-refractivity contribution is -0.268. The van der Waals surface area contributed by atoms with Crippen molar-refractivity contribution in [3.63, 3.8) is 0 Å². The number of hydrogen-bond donors (Lipinski definition) is 1. The first kappa shape index (κ1) is 11.6. The third-order valence-corrected chi connectivity index (χ3v) is 2.98. The van der Waals surface area contributed by atoms with Crippen LogP contribution in [-0.2, 0) is 15.0 Å². The summed E-state index contributed by atoms with van der Waals surface area (Å²) in [5.74, 6) is -0.520. The van der Waals surface area contributed by atoms with Gasteiger partial charge in [0, 0.05) is 0 Å². The van der Waals surface area contributed by atoms with Gasteiger partial charge in [0.2, 0.25) is 0 Å². The van der Waals surface area contributed by atoms with Crippen LogP contribution in [0, 0.1) is 6.92 Å². The van der Waals surface area contributed by atoms with E-state index in [9.17, 15) is 0 Å². The van der Waals surface area contributed by atoms with Crippen LogP contribution in [0.2, 0.25) is 0 Å². The molecule has 0 saturated carbocycles. The van der Waals surface area contributed by atoms with E-state index < -0.39 is 11.3 Å². The SMILES string of the molecule is Cc1ccc(C2(N)COC(C)(C)OC2)cc1. The molecule has 1 saturated heterocycles. The minimum absolute atomic E-state index is 0.489. The molecular formula is C13H19NO2. The van der Waals surface area contributed by atoms with E-state index in [1.165, 1.54) is 5.56 Å². The lowest BCUT2D eigenvalue weighted by Gasteiger charge is -2.41.